The van der Waals surface area contributed by atoms with Gasteiger partial charge in [0.1, 0.15) is 5.82 Å². The summed E-state index contributed by atoms with van der Waals surface area (Å²) in [5.74, 6) is -0.191. The molecule has 0 fully saturated rings. The fourth-order valence-electron chi connectivity index (χ4n) is 1.92. The van der Waals surface area contributed by atoms with E-state index < -0.39 is 0 Å². The highest BCUT2D eigenvalue weighted by molar-refractivity contribution is 7.12. The van der Waals surface area contributed by atoms with Gasteiger partial charge in [0.15, 0.2) is 0 Å². The number of aryl methyl sites for hydroxylation is 3. The maximum atomic E-state index is 13.5. The van der Waals surface area contributed by atoms with E-state index in [0.717, 1.165) is 10.4 Å². The van der Waals surface area contributed by atoms with Gasteiger partial charge in [0.25, 0.3) is 0 Å². The average molecular weight is 249 g/mol. The average Bonchev–Trinajstić information content (AvgIpc) is 2.61. The molecule has 1 atom stereocenters. The van der Waals surface area contributed by atoms with Crippen molar-refractivity contribution >= 4 is 11.3 Å². The lowest BCUT2D eigenvalue weighted by Crippen LogP contribution is -2.11. The standard InChI is InChI=1S/C14H16FNS/c1-8-4-5-11(7-12(8)15)13(16)14-9(2)6-10(3)17-14/h4-7,13H,16H2,1-3H3. The molecule has 0 radical (unpaired) electrons. The predicted octanol–water partition coefficient (Wildman–Crippen LogP) is 3.86. The van der Waals surface area contributed by atoms with Gasteiger partial charge in [0.05, 0.1) is 6.04 Å². The van der Waals surface area contributed by atoms with E-state index in [4.69, 9.17) is 5.73 Å². The zero-order valence-electron chi connectivity index (χ0n) is 10.3. The fraction of sp³-hybridized carbons (Fsp3) is 0.286. The van der Waals surface area contributed by atoms with Crippen LogP contribution >= 0.6 is 11.3 Å². The van der Waals surface area contributed by atoms with E-state index >= 15 is 0 Å². The normalized spacial score (nSPS) is 12.8. The number of benzene rings is 1. The van der Waals surface area contributed by atoms with Crippen molar-refractivity contribution in [1.82, 2.24) is 0 Å². The van der Waals surface area contributed by atoms with E-state index in [0.29, 0.717) is 5.56 Å². The van der Waals surface area contributed by atoms with Crippen molar-refractivity contribution in [3.63, 3.8) is 0 Å². The predicted molar refractivity (Wildman–Crippen MR) is 71.0 cm³/mol. The molecule has 1 unspecified atom stereocenters. The molecule has 2 rings (SSSR count). The Hall–Kier alpha value is -1.19. The summed E-state index contributed by atoms with van der Waals surface area (Å²) in [7, 11) is 0. The summed E-state index contributed by atoms with van der Waals surface area (Å²) in [6, 6.07) is 7.10. The molecule has 2 N–H and O–H groups in total. The minimum Gasteiger partial charge on any atom is -0.320 e. The van der Waals surface area contributed by atoms with Crippen LogP contribution in [0.4, 0.5) is 4.39 Å². The molecule has 17 heavy (non-hydrogen) atoms. The number of hydrogen-bond acceptors (Lipinski definition) is 2. The zero-order valence-corrected chi connectivity index (χ0v) is 11.1. The number of halogens is 1. The first-order valence-corrected chi connectivity index (χ1v) is 6.39. The molecule has 1 aromatic carbocycles. The molecule has 0 saturated carbocycles. The fourth-order valence-corrected chi connectivity index (χ4v) is 2.99. The van der Waals surface area contributed by atoms with Crippen LogP contribution in [-0.4, -0.2) is 0 Å². The number of rotatable bonds is 2. The van der Waals surface area contributed by atoms with Gasteiger partial charge < -0.3 is 5.73 Å². The van der Waals surface area contributed by atoms with Crippen molar-refractivity contribution in [3.8, 4) is 0 Å². The van der Waals surface area contributed by atoms with Crippen molar-refractivity contribution in [2.75, 3.05) is 0 Å². The lowest BCUT2D eigenvalue weighted by Gasteiger charge is -2.12. The van der Waals surface area contributed by atoms with Crippen LogP contribution in [0.5, 0.6) is 0 Å². The summed E-state index contributed by atoms with van der Waals surface area (Å²) in [6.45, 7) is 5.86. The highest BCUT2D eigenvalue weighted by atomic mass is 32.1. The van der Waals surface area contributed by atoms with Crippen LogP contribution in [0.2, 0.25) is 0 Å². The molecule has 2 aromatic rings. The van der Waals surface area contributed by atoms with Crippen molar-refractivity contribution in [2.45, 2.75) is 26.8 Å². The molecule has 1 heterocycles. The second-order valence-electron chi connectivity index (χ2n) is 4.39. The Morgan fingerprint density at radius 1 is 1.12 bits per heavy atom. The second-order valence-corrected chi connectivity index (χ2v) is 5.68. The van der Waals surface area contributed by atoms with Gasteiger partial charge in [0.2, 0.25) is 0 Å². The van der Waals surface area contributed by atoms with Crippen molar-refractivity contribution in [2.24, 2.45) is 5.73 Å². The Balaban J connectivity index is 2.40. The Morgan fingerprint density at radius 2 is 1.82 bits per heavy atom. The highest BCUT2D eigenvalue weighted by Crippen LogP contribution is 2.30. The van der Waals surface area contributed by atoms with Gasteiger partial charge in [-0.2, -0.15) is 0 Å². The maximum Gasteiger partial charge on any atom is 0.126 e. The molecule has 0 aliphatic rings. The molecule has 3 heteroatoms. The molecule has 0 spiro atoms. The molecule has 0 bridgehead atoms. The van der Waals surface area contributed by atoms with E-state index in [1.807, 2.05) is 13.0 Å². The van der Waals surface area contributed by atoms with E-state index in [2.05, 4.69) is 13.0 Å². The minimum absolute atomic E-state index is 0.191. The third-order valence-electron chi connectivity index (χ3n) is 2.92. The van der Waals surface area contributed by atoms with Gasteiger partial charge in [-0.25, -0.2) is 4.39 Å². The molecule has 0 aliphatic carbocycles. The Labute approximate surface area is 105 Å². The summed E-state index contributed by atoms with van der Waals surface area (Å²) in [6.07, 6.45) is 0. The third kappa shape index (κ3) is 2.40. The van der Waals surface area contributed by atoms with Gasteiger partial charge in [-0.15, -0.1) is 11.3 Å². The summed E-state index contributed by atoms with van der Waals surface area (Å²) < 4.78 is 13.5. The number of nitrogens with two attached hydrogens (primary N) is 1. The van der Waals surface area contributed by atoms with Gasteiger partial charge >= 0.3 is 0 Å². The van der Waals surface area contributed by atoms with Crippen LogP contribution in [0.15, 0.2) is 24.3 Å². The summed E-state index contributed by atoms with van der Waals surface area (Å²) in [5.41, 5.74) is 8.86. The first-order valence-electron chi connectivity index (χ1n) is 5.57. The van der Waals surface area contributed by atoms with E-state index in [9.17, 15) is 4.39 Å². The van der Waals surface area contributed by atoms with Gasteiger partial charge in [0, 0.05) is 9.75 Å². The molecule has 0 saturated heterocycles. The van der Waals surface area contributed by atoms with Gasteiger partial charge in [-0.1, -0.05) is 12.1 Å². The first-order chi connectivity index (χ1) is 7.99. The first kappa shape index (κ1) is 12.3. The molecule has 1 aromatic heterocycles. The van der Waals surface area contributed by atoms with Crippen LogP contribution in [0.25, 0.3) is 0 Å². The monoisotopic (exact) mass is 249 g/mol. The van der Waals surface area contributed by atoms with Crippen molar-refractivity contribution in [3.05, 3.63) is 56.5 Å². The number of hydrogen-bond donors (Lipinski definition) is 1. The summed E-state index contributed by atoms with van der Waals surface area (Å²) >= 11 is 1.68. The molecule has 90 valence electrons. The van der Waals surface area contributed by atoms with Crippen molar-refractivity contribution < 1.29 is 4.39 Å². The van der Waals surface area contributed by atoms with Crippen LogP contribution in [0, 0.1) is 26.6 Å². The largest absolute Gasteiger partial charge is 0.320 e. The highest BCUT2D eigenvalue weighted by Gasteiger charge is 2.15. The van der Waals surface area contributed by atoms with E-state index in [-0.39, 0.29) is 11.9 Å². The SMILES string of the molecule is Cc1cc(C)c(C(N)c2ccc(C)c(F)c2)s1. The smallest absolute Gasteiger partial charge is 0.126 e. The second kappa shape index (κ2) is 4.59. The Kier molecular flexibility index (Phi) is 3.31. The van der Waals surface area contributed by atoms with Crippen LogP contribution in [0.1, 0.15) is 32.5 Å². The van der Waals surface area contributed by atoms with Crippen LogP contribution < -0.4 is 5.73 Å². The van der Waals surface area contributed by atoms with Gasteiger partial charge in [-0.05, 0) is 49.6 Å². The van der Waals surface area contributed by atoms with Crippen LogP contribution in [-0.2, 0) is 0 Å². The Bertz CT molecular complexity index is 545. The van der Waals surface area contributed by atoms with E-state index in [1.165, 1.54) is 16.5 Å². The molecule has 0 aliphatic heterocycles. The molecule has 0 amide bonds. The minimum atomic E-state index is -0.233. The number of thiophene rings is 1. The quantitative estimate of drug-likeness (QED) is 0.859. The topological polar surface area (TPSA) is 26.0 Å². The maximum absolute atomic E-state index is 13.5. The Morgan fingerprint density at radius 3 is 2.35 bits per heavy atom. The lowest BCUT2D eigenvalue weighted by molar-refractivity contribution is 0.614. The van der Waals surface area contributed by atoms with Gasteiger partial charge in [-0.3, -0.25) is 0 Å². The third-order valence-corrected chi connectivity index (χ3v) is 4.15. The van der Waals surface area contributed by atoms with Crippen LogP contribution in [0.3, 0.4) is 0 Å². The zero-order chi connectivity index (χ0) is 12.6. The van der Waals surface area contributed by atoms with E-state index in [1.54, 1.807) is 24.3 Å². The molecular formula is C14H16FNS. The lowest BCUT2D eigenvalue weighted by atomic mass is 10.0. The molecule has 1 nitrogen and oxygen atoms in total. The summed E-state index contributed by atoms with van der Waals surface area (Å²) in [4.78, 5) is 2.35. The van der Waals surface area contributed by atoms with Crippen molar-refractivity contribution in [1.29, 1.82) is 0 Å². The molecular weight excluding hydrogens is 233 g/mol. The summed E-state index contributed by atoms with van der Waals surface area (Å²) in [5, 5.41) is 0.